The highest BCUT2D eigenvalue weighted by atomic mass is 35.5. The van der Waals surface area contributed by atoms with E-state index in [-0.39, 0.29) is 12.5 Å². The van der Waals surface area contributed by atoms with Crippen LogP contribution >= 0.6 is 11.6 Å². The van der Waals surface area contributed by atoms with Crippen LogP contribution in [-0.2, 0) is 9.53 Å². The average Bonchev–Trinajstić information content (AvgIpc) is 2.91. The molecule has 22 heavy (non-hydrogen) atoms. The summed E-state index contributed by atoms with van der Waals surface area (Å²) in [5.41, 5.74) is 4.79. The fourth-order valence-corrected chi connectivity index (χ4v) is 3.08. The van der Waals surface area contributed by atoms with Gasteiger partial charge in [0.05, 0.1) is 13.7 Å². The number of nitrogens with two attached hydrogens (primary N) is 1. The largest absolute Gasteiger partial charge is 0.497 e. The topological polar surface area (TPSA) is 81.9 Å². The van der Waals surface area contributed by atoms with E-state index in [9.17, 15) is 9.59 Å². The van der Waals surface area contributed by atoms with Crippen LogP contribution in [0.4, 0.5) is 0 Å². The van der Waals surface area contributed by atoms with Crippen molar-refractivity contribution in [3.8, 4) is 5.75 Å². The maximum atomic E-state index is 12.8. The van der Waals surface area contributed by atoms with E-state index in [4.69, 9.17) is 26.8 Å². The highest BCUT2D eigenvalue weighted by Crippen LogP contribution is 2.32. The van der Waals surface area contributed by atoms with Crippen LogP contribution in [-0.4, -0.2) is 49.6 Å². The number of hydrogen-bond donors (Lipinski definition) is 1. The predicted molar refractivity (Wildman–Crippen MR) is 82.1 cm³/mol. The number of nitrogens with zero attached hydrogens (tertiary/aromatic N) is 1. The fraction of sp³-hybridized carbons (Fsp3) is 0.467. The van der Waals surface area contributed by atoms with Crippen molar-refractivity contribution in [1.82, 2.24) is 4.90 Å². The summed E-state index contributed by atoms with van der Waals surface area (Å²) in [6.45, 7) is 0.520. The SMILES string of the molecule is COCC1(C(N)=O)CCCN1C(=O)c1cc(Cl)cc(OC)c1. The van der Waals surface area contributed by atoms with Crippen LogP contribution in [0.25, 0.3) is 0 Å². The first-order valence-electron chi connectivity index (χ1n) is 6.90. The number of hydrogen-bond acceptors (Lipinski definition) is 4. The van der Waals surface area contributed by atoms with Gasteiger partial charge in [-0.1, -0.05) is 11.6 Å². The van der Waals surface area contributed by atoms with E-state index >= 15 is 0 Å². The minimum absolute atomic E-state index is 0.0752. The molecule has 6 nitrogen and oxygen atoms in total. The summed E-state index contributed by atoms with van der Waals surface area (Å²) in [5.74, 6) is -0.394. The molecule has 1 atom stereocenters. The van der Waals surface area contributed by atoms with Crippen LogP contribution in [0.2, 0.25) is 5.02 Å². The van der Waals surface area contributed by atoms with Crippen molar-refractivity contribution < 1.29 is 19.1 Å². The molecule has 1 saturated heterocycles. The number of likely N-dealkylation sites (tertiary alicyclic amines) is 1. The molecular weight excluding hydrogens is 308 g/mol. The van der Waals surface area contributed by atoms with Gasteiger partial charge in [-0.2, -0.15) is 0 Å². The molecule has 1 aromatic rings. The van der Waals surface area contributed by atoms with Crippen LogP contribution in [0.15, 0.2) is 18.2 Å². The van der Waals surface area contributed by atoms with E-state index in [2.05, 4.69) is 0 Å². The number of methoxy groups -OCH3 is 2. The third-order valence-electron chi connectivity index (χ3n) is 3.93. The number of primary amides is 1. The molecule has 0 saturated carbocycles. The Morgan fingerprint density at radius 2 is 2.09 bits per heavy atom. The summed E-state index contributed by atoms with van der Waals surface area (Å²) in [6.07, 6.45) is 1.18. The Balaban J connectivity index is 2.39. The quantitative estimate of drug-likeness (QED) is 0.888. The van der Waals surface area contributed by atoms with Crippen molar-refractivity contribution in [3.63, 3.8) is 0 Å². The molecule has 0 radical (unpaired) electrons. The molecule has 2 N–H and O–H groups in total. The fourth-order valence-electron chi connectivity index (χ4n) is 2.85. The molecule has 2 rings (SSSR count). The Morgan fingerprint density at radius 1 is 1.36 bits per heavy atom. The molecule has 1 unspecified atom stereocenters. The van der Waals surface area contributed by atoms with E-state index in [1.807, 2.05) is 0 Å². The molecule has 1 aliphatic heterocycles. The van der Waals surface area contributed by atoms with E-state index in [0.717, 1.165) is 0 Å². The van der Waals surface area contributed by atoms with Crippen LogP contribution in [0.5, 0.6) is 5.75 Å². The first-order valence-corrected chi connectivity index (χ1v) is 7.28. The molecule has 1 aliphatic rings. The van der Waals surface area contributed by atoms with E-state index in [1.165, 1.54) is 19.1 Å². The highest BCUT2D eigenvalue weighted by Gasteiger charge is 2.48. The lowest BCUT2D eigenvalue weighted by Crippen LogP contribution is -2.58. The molecule has 7 heteroatoms. The zero-order chi connectivity index (χ0) is 16.3. The molecular formula is C15H19ClN2O4. The van der Waals surface area contributed by atoms with Gasteiger partial charge in [-0.25, -0.2) is 0 Å². The van der Waals surface area contributed by atoms with Crippen molar-refractivity contribution >= 4 is 23.4 Å². The van der Waals surface area contributed by atoms with Gasteiger partial charge in [0.1, 0.15) is 11.3 Å². The van der Waals surface area contributed by atoms with Gasteiger partial charge in [0.15, 0.2) is 0 Å². The summed E-state index contributed by atoms with van der Waals surface area (Å²) in [7, 11) is 2.97. The molecule has 0 spiro atoms. The van der Waals surface area contributed by atoms with Gasteiger partial charge in [0.2, 0.25) is 5.91 Å². The van der Waals surface area contributed by atoms with Gasteiger partial charge >= 0.3 is 0 Å². The maximum absolute atomic E-state index is 12.8. The highest BCUT2D eigenvalue weighted by molar-refractivity contribution is 6.31. The summed E-state index contributed by atoms with van der Waals surface area (Å²) in [6, 6.07) is 4.74. The Morgan fingerprint density at radius 3 is 2.68 bits per heavy atom. The van der Waals surface area contributed by atoms with E-state index in [0.29, 0.717) is 35.7 Å². The molecule has 0 bridgehead atoms. The van der Waals surface area contributed by atoms with Gasteiger partial charge in [-0.3, -0.25) is 9.59 Å². The normalized spacial score (nSPS) is 21.0. The summed E-state index contributed by atoms with van der Waals surface area (Å²) in [5, 5.41) is 0.387. The number of halogens is 1. The van der Waals surface area contributed by atoms with Gasteiger partial charge in [-0.15, -0.1) is 0 Å². The van der Waals surface area contributed by atoms with Crippen molar-refractivity contribution in [2.45, 2.75) is 18.4 Å². The second-order valence-corrected chi connectivity index (χ2v) is 5.71. The average molecular weight is 327 g/mol. The third kappa shape index (κ3) is 2.89. The smallest absolute Gasteiger partial charge is 0.255 e. The Bertz CT molecular complexity index is 593. The van der Waals surface area contributed by atoms with E-state index in [1.54, 1.807) is 18.2 Å². The van der Waals surface area contributed by atoms with Crippen molar-refractivity contribution in [3.05, 3.63) is 28.8 Å². The predicted octanol–water partition coefficient (Wildman–Crippen LogP) is 1.46. The Labute approximate surface area is 134 Å². The Kier molecular flexibility index (Phi) is 4.93. The maximum Gasteiger partial charge on any atom is 0.255 e. The van der Waals surface area contributed by atoms with Gasteiger partial charge < -0.3 is 20.1 Å². The number of ether oxygens (including phenoxy) is 2. The van der Waals surface area contributed by atoms with Crippen molar-refractivity contribution in [2.24, 2.45) is 5.73 Å². The summed E-state index contributed by atoms with van der Waals surface area (Å²) < 4.78 is 10.3. The lowest BCUT2D eigenvalue weighted by molar-refractivity contribution is -0.130. The van der Waals surface area contributed by atoms with Crippen LogP contribution in [0.1, 0.15) is 23.2 Å². The number of amides is 2. The molecule has 0 aromatic heterocycles. The van der Waals surface area contributed by atoms with Gasteiger partial charge in [-0.05, 0) is 31.0 Å². The van der Waals surface area contributed by atoms with Gasteiger partial charge in [0, 0.05) is 24.2 Å². The van der Waals surface area contributed by atoms with E-state index < -0.39 is 11.4 Å². The third-order valence-corrected chi connectivity index (χ3v) is 4.15. The number of carbonyl (C=O) groups is 2. The molecule has 2 amide bonds. The molecule has 1 aromatic carbocycles. The summed E-state index contributed by atoms with van der Waals surface area (Å²) >= 11 is 6.01. The minimum Gasteiger partial charge on any atom is -0.497 e. The van der Waals surface area contributed by atoms with Crippen molar-refractivity contribution in [2.75, 3.05) is 27.4 Å². The lowest BCUT2D eigenvalue weighted by Gasteiger charge is -2.35. The zero-order valence-electron chi connectivity index (χ0n) is 12.6. The van der Waals surface area contributed by atoms with Crippen molar-refractivity contribution in [1.29, 1.82) is 0 Å². The summed E-state index contributed by atoms with van der Waals surface area (Å²) in [4.78, 5) is 26.2. The molecule has 1 fully saturated rings. The van der Waals surface area contributed by atoms with Crippen LogP contribution < -0.4 is 10.5 Å². The molecule has 1 heterocycles. The monoisotopic (exact) mass is 326 g/mol. The Hall–Kier alpha value is -1.79. The first-order chi connectivity index (χ1) is 10.4. The standard InChI is InChI=1S/C15H19ClN2O4/c1-21-9-15(14(17)20)4-3-5-18(15)13(19)10-6-11(16)8-12(7-10)22-2/h6-8H,3-5,9H2,1-2H3,(H2,17,20). The van der Waals surface area contributed by atoms with Crippen LogP contribution in [0, 0.1) is 0 Å². The minimum atomic E-state index is -1.11. The lowest BCUT2D eigenvalue weighted by atomic mass is 9.95. The molecule has 120 valence electrons. The zero-order valence-corrected chi connectivity index (χ0v) is 13.4. The number of rotatable bonds is 5. The second-order valence-electron chi connectivity index (χ2n) is 5.27. The van der Waals surface area contributed by atoms with Crippen LogP contribution in [0.3, 0.4) is 0 Å². The molecule has 0 aliphatic carbocycles. The number of carbonyl (C=O) groups excluding carboxylic acids is 2. The van der Waals surface area contributed by atoms with Gasteiger partial charge in [0.25, 0.3) is 5.91 Å². The first kappa shape index (κ1) is 16.6. The second kappa shape index (κ2) is 6.54. The number of benzene rings is 1.